The van der Waals surface area contributed by atoms with Crippen LogP contribution in [0.25, 0.3) is 0 Å². The average molecular weight is 140 g/mol. The maximum atomic E-state index is 9.17. The number of hydrogen-bond donors (Lipinski definition) is 1. The monoisotopic (exact) mass is 140 g/mol. The minimum absolute atomic E-state index is 0.291. The molecule has 0 aliphatic rings. The summed E-state index contributed by atoms with van der Waals surface area (Å²) in [6.45, 7) is 3.95. The fraction of sp³-hybridized carbons (Fsp3) is 0.500. The molecule has 10 heavy (non-hydrogen) atoms. The van der Waals surface area contributed by atoms with Gasteiger partial charge in [-0.05, 0) is 0 Å². The highest BCUT2D eigenvalue weighted by molar-refractivity contribution is 5.26. The topological polar surface area (TPSA) is 33.4 Å². The molecule has 2 heteroatoms. The lowest BCUT2D eigenvalue weighted by molar-refractivity contribution is 0.423. The molecule has 0 spiro atoms. The van der Waals surface area contributed by atoms with Gasteiger partial charge in [-0.1, -0.05) is 13.8 Å². The molecule has 56 valence electrons. The van der Waals surface area contributed by atoms with Crippen molar-refractivity contribution in [2.24, 2.45) is 0 Å². The third-order valence-corrected chi connectivity index (χ3v) is 1.51. The molecule has 1 rings (SSSR count). The molecule has 0 aliphatic carbocycles. The van der Waals surface area contributed by atoms with Crippen molar-refractivity contribution in [1.29, 1.82) is 0 Å². The molecule has 0 unspecified atom stereocenters. The highest BCUT2D eigenvalue weighted by Gasteiger charge is 2.05. The van der Waals surface area contributed by atoms with E-state index in [0.717, 1.165) is 18.6 Å². The molecule has 0 fully saturated rings. The summed E-state index contributed by atoms with van der Waals surface area (Å²) in [7, 11) is 0. The smallest absolute Gasteiger partial charge is 0.157 e. The summed E-state index contributed by atoms with van der Waals surface area (Å²) in [4.78, 5) is 0. The van der Waals surface area contributed by atoms with Gasteiger partial charge in [-0.3, -0.25) is 0 Å². The number of furan rings is 1. The van der Waals surface area contributed by atoms with Crippen molar-refractivity contribution in [1.82, 2.24) is 0 Å². The first kappa shape index (κ1) is 7.19. The molecular formula is C8H12O2. The van der Waals surface area contributed by atoms with Gasteiger partial charge in [0.05, 0.1) is 0 Å². The minimum atomic E-state index is 0.291. The summed E-state index contributed by atoms with van der Waals surface area (Å²) >= 11 is 0. The second-order valence-corrected chi connectivity index (χ2v) is 2.23. The van der Waals surface area contributed by atoms with E-state index in [0.29, 0.717) is 11.5 Å². The van der Waals surface area contributed by atoms with Crippen LogP contribution in [0.1, 0.15) is 25.4 Å². The zero-order valence-electron chi connectivity index (χ0n) is 6.35. The Bertz CT molecular complexity index is 213. The van der Waals surface area contributed by atoms with Gasteiger partial charge in [0.1, 0.15) is 11.5 Å². The van der Waals surface area contributed by atoms with E-state index in [1.165, 1.54) is 0 Å². The van der Waals surface area contributed by atoms with E-state index in [-0.39, 0.29) is 0 Å². The highest BCUT2D eigenvalue weighted by Crippen LogP contribution is 2.22. The number of hydrogen-bond acceptors (Lipinski definition) is 2. The molecule has 1 N–H and O–H groups in total. The first-order chi connectivity index (χ1) is 4.77. The second kappa shape index (κ2) is 2.78. The van der Waals surface area contributed by atoms with Crippen LogP contribution in [0.3, 0.4) is 0 Å². The van der Waals surface area contributed by atoms with Gasteiger partial charge in [-0.2, -0.15) is 0 Å². The summed E-state index contributed by atoms with van der Waals surface area (Å²) < 4.78 is 5.26. The fourth-order valence-electron chi connectivity index (χ4n) is 0.900. The Morgan fingerprint density at radius 3 is 2.40 bits per heavy atom. The van der Waals surface area contributed by atoms with Gasteiger partial charge in [0.15, 0.2) is 5.75 Å². The van der Waals surface area contributed by atoms with Gasteiger partial charge < -0.3 is 9.52 Å². The van der Waals surface area contributed by atoms with Crippen molar-refractivity contribution in [2.45, 2.75) is 26.7 Å². The first-order valence-corrected chi connectivity index (χ1v) is 3.58. The molecule has 1 aromatic rings. The lowest BCUT2D eigenvalue weighted by Crippen LogP contribution is -1.72. The molecule has 0 saturated heterocycles. The second-order valence-electron chi connectivity index (χ2n) is 2.23. The van der Waals surface area contributed by atoms with Crippen LogP contribution in [0.5, 0.6) is 5.75 Å². The number of rotatable bonds is 2. The minimum Gasteiger partial charge on any atom is -0.504 e. The van der Waals surface area contributed by atoms with Gasteiger partial charge >= 0.3 is 0 Å². The van der Waals surface area contributed by atoms with Gasteiger partial charge in [-0.25, -0.2) is 0 Å². The van der Waals surface area contributed by atoms with E-state index in [1.807, 2.05) is 13.8 Å². The molecule has 0 aromatic carbocycles. The summed E-state index contributed by atoms with van der Waals surface area (Å²) in [5, 5.41) is 9.17. The maximum Gasteiger partial charge on any atom is 0.157 e. The van der Waals surface area contributed by atoms with Crippen molar-refractivity contribution >= 4 is 0 Å². The van der Waals surface area contributed by atoms with E-state index in [4.69, 9.17) is 9.52 Å². The summed E-state index contributed by atoms with van der Waals surface area (Å²) in [5.41, 5.74) is 0. The highest BCUT2D eigenvalue weighted by atomic mass is 16.4. The lowest BCUT2D eigenvalue weighted by Gasteiger charge is -1.88. The Labute approximate surface area is 60.5 Å². The van der Waals surface area contributed by atoms with Crippen LogP contribution in [-0.2, 0) is 12.8 Å². The predicted octanol–water partition coefficient (Wildman–Crippen LogP) is 2.11. The molecular weight excluding hydrogens is 128 g/mol. The summed E-state index contributed by atoms with van der Waals surface area (Å²) in [6.07, 6.45) is 1.60. The third-order valence-electron chi connectivity index (χ3n) is 1.51. The van der Waals surface area contributed by atoms with Crippen LogP contribution in [-0.4, -0.2) is 5.11 Å². The first-order valence-electron chi connectivity index (χ1n) is 3.58. The van der Waals surface area contributed by atoms with E-state index in [9.17, 15) is 0 Å². The Kier molecular flexibility index (Phi) is 2.00. The third kappa shape index (κ3) is 1.15. The normalized spacial score (nSPS) is 10.2. The number of aryl methyl sites for hydroxylation is 2. The molecule has 1 heterocycles. The summed E-state index contributed by atoms with van der Waals surface area (Å²) in [6, 6.07) is 1.68. The molecule has 0 atom stereocenters. The zero-order valence-corrected chi connectivity index (χ0v) is 6.35. The van der Waals surface area contributed by atoms with E-state index < -0.39 is 0 Å². The van der Waals surface area contributed by atoms with Crippen LogP contribution in [0, 0.1) is 0 Å². The summed E-state index contributed by atoms with van der Waals surface area (Å²) in [5.74, 6) is 1.84. The molecule has 0 amide bonds. The molecule has 2 nitrogen and oxygen atoms in total. The van der Waals surface area contributed by atoms with Gasteiger partial charge in [-0.15, -0.1) is 0 Å². The van der Waals surface area contributed by atoms with E-state index in [2.05, 4.69) is 0 Å². The standard InChI is InChI=1S/C8H12O2/c1-3-6-5-7(9)8(4-2)10-6/h5,9H,3-4H2,1-2H3. The molecule has 1 aromatic heterocycles. The predicted molar refractivity (Wildman–Crippen MR) is 39.1 cm³/mol. The molecule has 0 radical (unpaired) electrons. The Morgan fingerprint density at radius 2 is 2.10 bits per heavy atom. The maximum absolute atomic E-state index is 9.17. The Balaban J connectivity index is 2.92. The lowest BCUT2D eigenvalue weighted by atomic mass is 10.3. The van der Waals surface area contributed by atoms with Crippen LogP contribution in [0.15, 0.2) is 10.5 Å². The Morgan fingerprint density at radius 1 is 1.40 bits per heavy atom. The van der Waals surface area contributed by atoms with Crippen LogP contribution in [0.2, 0.25) is 0 Å². The van der Waals surface area contributed by atoms with Crippen LogP contribution < -0.4 is 0 Å². The molecule has 0 aliphatic heterocycles. The Hall–Kier alpha value is -0.920. The average Bonchev–Trinajstić information content (AvgIpc) is 2.30. The van der Waals surface area contributed by atoms with Crippen molar-refractivity contribution in [3.63, 3.8) is 0 Å². The van der Waals surface area contributed by atoms with Gasteiger partial charge in [0.2, 0.25) is 0 Å². The van der Waals surface area contributed by atoms with Crippen LogP contribution >= 0.6 is 0 Å². The zero-order chi connectivity index (χ0) is 7.56. The number of aromatic hydroxyl groups is 1. The van der Waals surface area contributed by atoms with E-state index >= 15 is 0 Å². The molecule has 0 saturated carbocycles. The van der Waals surface area contributed by atoms with Crippen LogP contribution in [0.4, 0.5) is 0 Å². The van der Waals surface area contributed by atoms with Gasteiger partial charge in [0, 0.05) is 18.9 Å². The van der Waals surface area contributed by atoms with Crippen molar-refractivity contribution in [2.75, 3.05) is 0 Å². The van der Waals surface area contributed by atoms with Crippen molar-refractivity contribution in [3.8, 4) is 5.75 Å². The molecule has 0 bridgehead atoms. The van der Waals surface area contributed by atoms with Gasteiger partial charge in [0.25, 0.3) is 0 Å². The quantitative estimate of drug-likeness (QED) is 0.682. The van der Waals surface area contributed by atoms with Crippen molar-refractivity contribution in [3.05, 3.63) is 17.6 Å². The van der Waals surface area contributed by atoms with Crippen molar-refractivity contribution < 1.29 is 9.52 Å². The largest absolute Gasteiger partial charge is 0.504 e. The van der Waals surface area contributed by atoms with E-state index in [1.54, 1.807) is 6.07 Å². The fourth-order valence-corrected chi connectivity index (χ4v) is 0.900. The SMILES string of the molecule is CCc1cc(O)c(CC)o1.